The SMILES string of the molecule is O=C(NCC[C@H](O)[C@@H]1C[C@H](S)CN1C(=O)OCc1ccc([N+](=O)[O-])cc1)OCc1ccc([N+](=O)[O-])cc1. The van der Waals surface area contributed by atoms with Crippen LogP contribution in [-0.4, -0.2) is 62.5 Å². The molecule has 2 N–H and O–H groups in total. The van der Waals surface area contributed by atoms with Crippen LogP contribution in [0.25, 0.3) is 0 Å². The quantitative estimate of drug-likeness (QED) is 0.235. The van der Waals surface area contributed by atoms with Crippen LogP contribution in [0.15, 0.2) is 48.5 Å². The monoisotopic (exact) mass is 534 g/mol. The van der Waals surface area contributed by atoms with E-state index in [1.54, 1.807) is 0 Å². The van der Waals surface area contributed by atoms with Gasteiger partial charge in [-0.3, -0.25) is 20.2 Å². The third-order valence-electron chi connectivity index (χ3n) is 5.74. The van der Waals surface area contributed by atoms with E-state index < -0.39 is 34.2 Å². The Morgan fingerprint density at radius 3 is 2.03 bits per heavy atom. The number of nitro benzene ring substituents is 2. The molecule has 0 saturated carbocycles. The Kier molecular flexibility index (Phi) is 9.63. The molecule has 1 aliphatic rings. The molecule has 14 heteroatoms. The zero-order chi connectivity index (χ0) is 26.9. The average Bonchev–Trinajstić information content (AvgIpc) is 3.28. The van der Waals surface area contributed by atoms with Crippen molar-refractivity contribution in [3.63, 3.8) is 0 Å². The Labute approximate surface area is 217 Å². The molecule has 0 unspecified atom stereocenters. The molecular weight excluding hydrogens is 508 g/mol. The zero-order valence-electron chi connectivity index (χ0n) is 19.6. The van der Waals surface area contributed by atoms with Gasteiger partial charge < -0.3 is 24.8 Å². The number of thiol groups is 1. The van der Waals surface area contributed by atoms with Gasteiger partial charge >= 0.3 is 12.2 Å². The molecule has 1 aliphatic heterocycles. The Morgan fingerprint density at radius 1 is 1.00 bits per heavy atom. The number of aliphatic hydroxyl groups excluding tert-OH is 1. The summed E-state index contributed by atoms with van der Waals surface area (Å²) in [5, 5.41) is 34.4. The van der Waals surface area contributed by atoms with Gasteiger partial charge in [-0.2, -0.15) is 12.6 Å². The highest BCUT2D eigenvalue weighted by Gasteiger charge is 2.38. The number of nitro groups is 2. The molecule has 0 radical (unpaired) electrons. The van der Waals surface area contributed by atoms with E-state index in [0.717, 1.165) is 0 Å². The molecule has 2 aromatic carbocycles. The van der Waals surface area contributed by atoms with Gasteiger partial charge in [-0.15, -0.1) is 0 Å². The van der Waals surface area contributed by atoms with Crippen LogP contribution in [0.3, 0.4) is 0 Å². The number of hydrogen-bond acceptors (Lipinski definition) is 10. The number of aliphatic hydroxyl groups is 1. The summed E-state index contributed by atoms with van der Waals surface area (Å²) in [6.45, 7) is 0.189. The molecule has 0 aromatic heterocycles. The van der Waals surface area contributed by atoms with Gasteiger partial charge in [0.05, 0.1) is 22.0 Å². The standard InChI is InChI=1S/C23H26N4O9S/c28-21(9-10-24-22(29)35-13-15-1-5-17(6-2-15)26(31)32)20-11-19(37)12-25(20)23(30)36-14-16-3-7-18(8-4-16)27(33)34/h1-8,19-21,28,37H,9-14H2,(H,24,29)/t19-,20-,21-/m0/s1. The molecule has 198 valence electrons. The number of hydrogen-bond donors (Lipinski definition) is 3. The first-order chi connectivity index (χ1) is 17.6. The van der Waals surface area contributed by atoms with Gasteiger partial charge in [0.25, 0.3) is 11.4 Å². The van der Waals surface area contributed by atoms with E-state index in [1.165, 1.54) is 53.4 Å². The van der Waals surface area contributed by atoms with Crippen molar-refractivity contribution >= 4 is 36.2 Å². The summed E-state index contributed by atoms with van der Waals surface area (Å²) in [7, 11) is 0. The lowest BCUT2D eigenvalue weighted by molar-refractivity contribution is -0.385. The van der Waals surface area contributed by atoms with E-state index in [2.05, 4.69) is 17.9 Å². The summed E-state index contributed by atoms with van der Waals surface area (Å²) in [6.07, 6.45) is -1.75. The first-order valence-electron chi connectivity index (χ1n) is 11.3. The number of benzene rings is 2. The van der Waals surface area contributed by atoms with E-state index in [9.17, 15) is 34.9 Å². The van der Waals surface area contributed by atoms with E-state index in [0.29, 0.717) is 17.5 Å². The molecule has 13 nitrogen and oxygen atoms in total. The molecule has 1 heterocycles. The van der Waals surface area contributed by atoms with Crippen molar-refractivity contribution in [1.82, 2.24) is 10.2 Å². The molecule has 0 aliphatic carbocycles. The number of ether oxygens (including phenoxy) is 2. The number of likely N-dealkylation sites (tertiary alicyclic amines) is 1. The lowest BCUT2D eigenvalue weighted by atomic mass is 10.1. The molecule has 2 aromatic rings. The van der Waals surface area contributed by atoms with Crippen molar-refractivity contribution < 1.29 is 34.0 Å². The molecule has 1 saturated heterocycles. The predicted molar refractivity (Wildman–Crippen MR) is 133 cm³/mol. The Balaban J connectivity index is 1.42. The van der Waals surface area contributed by atoms with Crippen LogP contribution in [-0.2, 0) is 22.7 Å². The summed E-state index contributed by atoms with van der Waals surface area (Å²) in [5.74, 6) is 0. The van der Waals surface area contributed by atoms with E-state index in [1.807, 2.05) is 0 Å². The van der Waals surface area contributed by atoms with Crippen molar-refractivity contribution in [1.29, 1.82) is 0 Å². The Bertz CT molecular complexity index is 1110. The molecule has 2 amide bonds. The van der Waals surface area contributed by atoms with Crippen LogP contribution >= 0.6 is 12.6 Å². The lowest BCUT2D eigenvalue weighted by Crippen LogP contribution is -2.44. The molecule has 0 bridgehead atoms. The Morgan fingerprint density at radius 2 is 1.51 bits per heavy atom. The fourth-order valence-corrected chi connectivity index (χ4v) is 4.18. The number of alkyl carbamates (subject to hydrolysis) is 1. The van der Waals surface area contributed by atoms with Crippen molar-refractivity contribution in [3.8, 4) is 0 Å². The average molecular weight is 535 g/mol. The largest absolute Gasteiger partial charge is 0.445 e. The maximum Gasteiger partial charge on any atom is 0.410 e. The van der Waals surface area contributed by atoms with Gasteiger partial charge in [0.2, 0.25) is 0 Å². The molecule has 1 fully saturated rings. The highest BCUT2D eigenvalue weighted by Crippen LogP contribution is 2.26. The molecule has 3 atom stereocenters. The second kappa shape index (κ2) is 12.9. The number of non-ortho nitro benzene ring substituents is 2. The maximum atomic E-state index is 12.6. The molecule has 3 rings (SSSR count). The van der Waals surface area contributed by atoms with Crippen LogP contribution in [0, 0.1) is 20.2 Å². The smallest absolute Gasteiger partial charge is 0.410 e. The van der Waals surface area contributed by atoms with Gasteiger partial charge in [-0.05, 0) is 48.2 Å². The number of carbonyl (C=O) groups excluding carboxylic acids is 2. The van der Waals surface area contributed by atoms with Gasteiger partial charge in [0.1, 0.15) is 13.2 Å². The molecular formula is C23H26N4O9S. The topological polar surface area (TPSA) is 174 Å². The summed E-state index contributed by atoms with van der Waals surface area (Å²) < 4.78 is 10.4. The number of amides is 2. The lowest BCUT2D eigenvalue weighted by Gasteiger charge is -2.28. The number of rotatable bonds is 10. The van der Waals surface area contributed by atoms with Crippen LogP contribution in [0.1, 0.15) is 24.0 Å². The van der Waals surface area contributed by atoms with Crippen LogP contribution < -0.4 is 5.32 Å². The normalized spacial score (nSPS) is 17.6. The predicted octanol–water partition coefficient (Wildman–Crippen LogP) is 3.19. The zero-order valence-corrected chi connectivity index (χ0v) is 20.5. The second-order valence-corrected chi connectivity index (χ2v) is 9.10. The summed E-state index contributed by atoms with van der Waals surface area (Å²) in [4.78, 5) is 46.4. The minimum absolute atomic E-state index is 0.0678. The van der Waals surface area contributed by atoms with E-state index in [4.69, 9.17) is 9.47 Å². The molecule has 0 spiro atoms. The fourth-order valence-electron chi connectivity index (χ4n) is 3.79. The van der Waals surface area contributed by atoms with Crippen LogP contribution in [0.4, 0.5) is 21.0 Å². The maximum absolute atomic E-state index is 12.6. The van der Waals surface area contributed by atoms with Crippen molar-refractivity contribution in [3.05, 3.63) is 79.9 Å². The third-order valence-corrected chi connectivity index (χ3v) is 6.11. The van der Waals surface area contributed by atoms with Gasteiger partial charge in [-0.25, -0.2) is 9.59 Å². The Hall–Kier alpha value is -3.91. The van der Waals surface area contributed by atoms with E-state index in [-0.39, 0.29) is 49.3 Å². The number of carbonyl (C=O) groups is 2. The molecule has 37 heavy (non-hydrogen) atoms. The minimum Gasteiger partial charge on any atom is -0.445 e. The van der Waals surface area contributed by atoms with Gasteiger partial charge in [-0.1, -0.05) is 0 Å². The first-order valence-corrected chi connectivity index (χ1v) is 11.8. The number of nitrogens with one attached hydrogen (secondary N) is 1. The number of nitrogens with zero attached hydrogens (tertiary/aromatic N) is 3. The summed E-state index contributed by atoms with van der Waals surface area (Å²) in [5.41, 5.74) is 1.02. The first kappa shape index (κ1) is 27.7. The van der Waals surface area contributed by atoms with Crippen molar-refractivity contribution in [2.45, 2.75) is 43.5 Å². The van der Waals surface area contributed by atoms with Crippen molar-refractivity contribution in [2.24, 2.45) is 0 Å². The van der Waals surface area contributed by atoms with E-state index >= 15 is 0 Å². The van der Waals surface area contributed by atoms with Gasteiger partial charge in [0.15, 0.2) is 0 Å². The second-order valence-electron chi connectivity index (χ2n) is 8.37. The third kappa shape index (κ3) is 8.05. The fraction of sp³-hybridized carbons (Fsp3) is 0.391. The minimum atomic E-state index is -0.959. The highest BCUT2D eigenvalue weighted by molar-refractivity contribution is 7.81. The van der Waals surface area contributed by atoms with Gasteiger partial charge in [0, 0.05) is 42.6 Å². The van der Waals surface area contributed by atoms with Crippen LogP contribution in [0.2, 0.25) is 0 Å². The highest BCUT2D eigenvalue weighted by atomic mass is 32.1. The van der Waals surface area contributed by atoms with Crippen molar-refractivity contribution in [2.75, 3.05) is 13.1 Å². The summed E-state index contributed by atoms with van der Waals surface area (Å²) >= 11 is 4.42. The summed E-state index contributed by atoms with van der Waals surface area (Å²) in [6, 6.07) is 10.7. The van der Waals surface area contributed by atoms with Crippen LogP contribution in [0.5, 0.6) is 0 Å².